The highest BCUT2D eigenvalue weighted by atomic mass is 32.2. The molecule has 0 bridgehead atoms. The van der Waals surface area contributed by atoms with Gasteiger partial charge in [-0.2, -0.15) is 0 Å². The molecule has 0 aliphatic carbocycles. The van der Waals surface area contributed by atoms with E-state index in [4.69, 9.17) is 9.72 Å². The molecule has 3 heterocycles. The van der Waals surface area contributed by atoms with Crippen LogP contribution in [0.25, 0.3) is 0 Å². The van der Waals surface area contributed by atoms with Gasteiger partial charge in [-0.3, -0.25) is 4.90 Å². The normalized spacial score (nSPS) is 21.0. The van der Waals surface area contributed by atoms with Crippen molar-refractivity contribution in [1.82, 2.24) is 9.29 Å². The van der Waals surface area contributed by atoms with Crippen LogP contribution in [0.1, 0.15) is 24.1 Å². The fourth-order valence-corrected chi connectivity index (χ4v) is 5.11. The summed E-state index contributed by atoms with van der Waals surface area (Å²) in [7, 11) is -3.12. The summed E-state index contributed by atoms with van der Waals surface area (Å²) in [5.41, 5.74) is 2.07. The highest BCUT2D eigenvalue weighted by Crippen LogP contribution is 2.26. The van der Waals surface area contributed by atoms with Gasteiger partial charge >= 0.3 is 6.09 Å². The summed E-state index contributed by atoms with van der Waals surface area (Å²) in [6, 6.07) is 15.7. The number of aromatic nitrogens is 1. The van der Waals surface area contributed by atoms with E-state index in [1.54, 1.807) is 9.21 Å². The predicted octanol–water partition coefficient (Wildman–Crippen LogP) is 2.86. The monoisotopic (exact) mass is 429 g/mol. The third-order valence-electron chi connectivity index (χ3n) is 5.85. The van der Waals surface area contributed by atoms with E-state index in [0.717, 1.165) is 30.5 Å². The van der Waals surface area contributed by atoms with Crippen molar-refractivity contribution in [3.05, 3.63) is 59.8 Å². The van der Waals surface area contributed by atoms with Crippen LogP contribution in [0.15, 0.2) is 48.5 Å². The Morgan fingerprint density at radius 3 is 2.47 bits per heavy atom. The number of hydrogen-bond donors (Lipinski definition) is 0. The zero-order valence-corrected chi connectivity index (χ0v) is 17.9. The maximum Gasteiger partial charge on any atom is 0.415 e. The second-order valence-electron chi connectivity index (χ2n) is 8.09. The number of carbonyl (C=O) groups excluding carboxylic acids is 1. The Bertz CT molecular complexity index is 988. The molecule has 1 aromatic carbocycles. The van der Waals surface area contributed by atoms with Crippen LogP contribution >= 0.6 is 0 Å². The van der Waals surface area contributed by atoms with Crippen molar-refractivity contribution in [2.75, 3.05) is 30.9 Å². The molecule has 0 saturated carbocycles. The lowest BCUT2D eigenvalue weighted by Gasteiger charge is -2.30. The van der Waals surface area contributed by atoms with Crippen molar-refractivity contribution >= 4 is 21.9 Å². The second-order valence-corrected chi connectivity index (χ2v) is 10.1. The number of nitrogens with zero attached hydrogens (tertiary/aromatic N) is 3. The summed E-state index contributed by atoms with van der Waals surface area (Å²) in [5.74, 6) is 1.00. The highest BCUT2D eigenvalue weighted by molar-refractivity contribution is 7.88. The molecule has 2 saturated heterocycles. The van der Waals surface area contributed by atoms with Gasteiger partial charge in [0, 0.05) is 18.8 Å². The summed E-state index contributed by atoms with van der Waals surface area (Å²) < 4.78 is 30.3. The van der Waals surface area contributed by atoms with Crippen LogP contribution in [0.5, 0.6) is 0 Å². The molecule has 2 aliphatic heterocycles. The number of pyridine rings is 1. The lowest BCUT2D eigenvalue weighted by molar-refractivity contribution is 0.178. The quantitative estimate of drug-likeness (QED) is 0.705. The first-order valence-corrected chi connectivity index (χ1v) is 12.2. The lowest BCUT2D eigenvalue weighted by Crippen LogP contribution is -2.38. The number of sulfonamides is 1. The van der Waals surface area contributed by atoms with Gasteiger partial charge in [-0.05, 0) is 49.3 Å². The van der Waals surface area contributed by atoms with Crippen LogP contribution in [-0.4, -0.2) is 55.8 Å². The van der Waals surface area contributed by atoms with E-state index in [2.05, 4.69) is 0 Å². The molecule has 8 heteroatoms. The molecule has 160 valence electrons. The molecular formula is C22H27N3O4S. The SMILES string of the molecule is CS(=O)(=O)N1CCC(Cc2cccc(N3C(=O)OC[C@H]3Cc3ccccc3)n2)CC1. The topological polar surface area (TPSA) is 79.8 Å². The smallest absolute Gasteiger partial charge is 0.415 e. The van der Waals surface area contributed by atoms with Gasteiger partial charge in [0.15, 0.2) is 0 Å². The van der Waals surface area contributed by atoms with Gasteiger partial charge in [0.2, 0.25) is 10.0 Å². The molecular weight excluding hydrogens is 402 g/mol. The second kappa shape index (κ2) is 8.73. The van der Waals surface area contributed by atoms with E-state index in [1.165, 1.54) is 6.26 Å². The Morgan fingerprint density at radius 2 is 1.77 bits per heavy atom. The van der Waals surface area contributed by atoms with Crippen LogP contribution < -0.4 is 4.90 Å². The maximum absolute atomic E-state index is 12.4. The molecule has 0 unspecified atom stereocenters. The molecule has 2 fully saturated rings. The number of ether oxygens (including phenoxy) is 1. The van der Waals surface area contributed by atoms with Gasteiger partial charge in [-0.1, -0.05) is 36.4 Å². The van der Waals surface area contributed by atoms with Crippen molar-refractivity contribution in [1.29, 1.82) is 0 Å². The van der Waals surface area contributed by atoms with E-state index in [9.17, 15) is 13.2 Å². The minimum atomic E-state index is -3.12. The third-order valence-corrected chi connectivity index (χ3v) is 7.16. The predicted molar refractivity (Wildman–Crippen MR) is 115 cm³/mol. The maximum atomic E-state index is 12.4. The lowest BCUT2D eigenvalue weighted by atomic mass is 9.93. The number of amides is 1. The minimum Gasteiger partial charge on any atom is -0.447 e. The first kappa shape index (κ1) is 20.8. The van der Waals surface area contributed by atoms with Gasteiger partial charge in [0.1, 0.15) is 12.4 Å². The van der Waals surface area contributed by atoms with Crippen molar-refractivity contribution < 1.29 is 17.9 Å². The molecule has 1 aromatic heterocycles. The number of anilines is 1. The average Bonchev–Trinajstić information content (AvgIpc) is 3.09. The first-order valence-electron chi connectivity index (χ1n) is 10.3. The molecule has 2 aliphatic rings. The van der Waals surface area contributed by atoms with Crippen molar-refractivity contribution in [2.24, 2.45) is 5.92 Å². The van der Waals surface area contributed by atoms with Crippen molar-refractivity contribution in [2.45, 2.75) is 31.7 Å². The molecule has 7 nitrogen and oxygen atoms in total. The van der Waals surface area contributed by atoms with E-state index in [1.807, 2.05) is 48.5 Å². The van der Waals surface area contributed by atoms with Crippen LogP contribution in [0.4, 0.5) is 10.6 Å². The molecule has 2 aromatic rings. The largest absolute Gasteiger partial charge is 0.447 e. The van der Waals surface area contributed by atoms with Crippen LogP contribution in [-0.2, 0) is 27.6 Å². The zero-order valence-electron chi connectivity index (χ0n) is 17.1. The van der Waals surface area contributed by atoms with Gasteiger partial charge in [0.25, 0.3) is 0 Å². The summed E-state index contributed by atoms with van der Waals surface area (Å²) in [4.78, 5) is 18.8. The number of hydrogen-bond acceptors (Lipinski definition) is 5. The Kier molecular flexibility index (Phi) is 6.06. The molecule has 4 rings (SSSR count). The minimum absolute atomic E-state index is 0.0827. The van der Waals surface area contributed by atoms with E-state index >= 15 is 0 Å². The van der Waals surface area contributed by atoms with Crippen LogP contribution in [0.3, 0.4) is 0 Å². The van der Waals surface area contributed by atoms with E-state index in [-0.39, 0.29) is 12.1 Å². The molecule has 1 atom stereocenters. The average molecular weight is 430 g/mol. The van der Waals surface area contributed by atoms with Crippen molar-refractivity contribution in [3.63, 3.8) is 0 Å². The summed E-state index contributed by atoms with van der Waals surface area (Å²) in [5, 5.41) is 0. The number of benzene rings is 1. The standard InChI is InChI=1S/C22H27N3O4S/c1-30(27,28)24-12-10-18(11-13-24)14-19-8-5-9-21(23-19)25-20(16-29-22(25)26)15-17-6-3-2-4-7-17/h2-9,18,20H,10-16H2,1H3/t20-/m1/s1. The van der Waals surface area contributed by atoms with Crippen LogP contribution in [0, 0.1) is 5.92 Å². The third kappa shape index (κ3) is 4.82. The fourth-order valence-electron chi connectivity index (χ4n) is 4.23. The van der Waals surface area contributed by atoms with E-state index < -0.39 is 10.0 Å². The zero-order chi connectivity index (χ0) is 21.1. The Morgan fingerprint density at radius 1 is 1.03 bits per heavy atom. The number of cyclic esters (lactones) is 1. The first-order chi connectivity index (χ1) is 14.4. The summed E-state index contributed by atoms with van der Waals surface area (Å²) >= 11 is 0. The number of rotatable bonds is 6. The molecule has 0 spiro atoms. The Labute approximate surface area is 177 Å². The molecule has 30 heavy (non-hydrogen) atoms. The highest BCUT2D eigenvalue weighted by Gasteiger charge is 2.35. The Balaban J connectivity index is 1.44. The van der Waals surface area contributed by atoms with Gasteiger partial charge in [0.05, 0.1) is 12.3 Å². The Hall–Kier alpha value is -2.45. The van der Waals surface area contributed by atoms with Gasteiger partial charge in [-0.25, -0.2) is 22.5 Å². The van der Waals surface area contributed by atoms with Crippen LogP contribution in [0.2, 0.25) is 0 Å². The molecule has 0 N–H and O–H groups in total. The van der Waals surface area contributed by atoms with Gasteiger partial charge in [-0.15, -0.1) is 0 Å². The van der Waals surface area contributed by atoms with Gasteiger partial charge < -0.3 is 4.74 Å². The van der Waals surface area contributed by atoms with E-state index in [0.29, 0.717) is 37.9 Å². The summed E-state index contributed by atoms with van der Waals surface area (Å²) in [6.07, 6.45) is 4.03. The number of piperidine rings is 1. The number of carbonyl (C=O) groups is 1. The molecule has 1 amide bonds. The van der Waals surface area contributed by atoms with Crippen molar-refractivity contribution in [3.8, 4) is 0 Å². The molecule has 0 radical (unpaired) electrons. The summed E-state index contributed by atoms with van der Waals surface area (Å²) in [6.45, 7) is 1.46. The fraction of sp³-hybridized carbons (Fsp3) is 0.455.